The Bertz CT molecular complexity index is 410. The van der Waals surface area contributed by atoms with Crippen LogP contribution in [0.3, 0.4) is 0 Å². The topological polar surface area (TPSA) is 12.9 Å². The summed E-state index contributed by atoms with van der Waals surface area (Å²) in [4.78, 5) is 4.24. The number of pyridine rings is 1. The lowest BCUT2D eigenvalue weighted by Crippen LogP contribution is -1.88. The van der Waals surface area contributed by atoms with Gasteiger partial charge in [0.05, 0.1) is 5.69 Å². The number of rotatable bonds is 4. The van der Waals surface area contributed by atoms with Crippen LogP contribution in [0.1, 0.15) is 12.6 Å². The number of aromatic nitrogens is 1. The highest BCUT2D eigenvalue weighted by Crippen LogP contribution is 2.19. The Kier molecular flexibility index (Phi) is 3.81. The largest absolute Gasteiger partial charge is 0.256 e. The Morgan fingerprint density at radius 3 is 2.60 bits per heavy atom. The standard InChI is InChI=1S/C14H15N/c1-5-11(2)10-12(3)13(4)14-8-6-7-9-15-14/h5-10H,1-2,4H2,3H3/b12-10-. The summed E-state index contributed by atoms with van der Waals surface area (Å²) in [6.45, 7) is 13.5. The minimum absolute atomic E-state index is 0.879. The first-order chi connectivity index (χ1) is 7.15. The van der Waals surface area contributed by atoms with Crippen LogP contribution >= 0.6 is 0 Å². The van der Waals surface area contributed by atoms with E-state index < -0.39 is 0 Å². The fraction of sp³-hybridized carbons (Fsp3) is 0.0714. The molecule has 0 N–H and O–H groups in total. The summed E-state index contributed by atoms with van der Waals surface area (Å²) < 4.78 is 0. The molecule has 1 rings (SSSR count). The average molecular weight is 197 g/mol. The first-order valence-corrected chi connectivity index (χ1v) is 4.75. The van der Waals surface area contributed by atoms with Crippen molar-refractivity contribution in [1.29, 1.82) is 0 Å². The van der Waals surface area contributed by atoms with Crippen molar-refractivity contribution in [2.24, 2.45) is 0 Å². The van der Waals surface area contributed by atoms with Crippen LogP contribution in [-0.2, 0) is 0 Å². The van der Waals surface area contributed by atoms with Crippen LogP contribution in [0.5, 0.6) is 0 Å². The van der Waals surface area contributed by atoms with Crippen LogP contribution in [-0.4, -0.2) is 4.98 Å². The van der Waals surface area contributed by atoms with Crippen molar-refractivity contribution >= 4 is 5.57 Å². The molecule has 0 unspecified atom stereocenters. The normalized spacial score (nSPS) is 10.9. The van der Waals surface area contributed by atoms with Gasteiger partial charge in [-0.1, -0.05) is 38.0 Å². The molecular formula is C14H15N. The van der Waals surface area contributed by atoms with Crippen LogP contribution in [0.4, 0.5) is 0 Å². The van der Waals surface area contributed by atoms with Crippen LogP contribution in [0.15, 0.2) is 67.4 Å². The van der Waals surface area contributed by atoms with Gasteiger partial charge >= 0.3 is 0 Å². The number of hydrogen-bond donors (Lipinski definition) is 0. The molecule has 1 heteroatoms. The third-order valence-electron chi connectivity index (χ3n) is 2.11. The first-order valence-electron chi connectivity index (χ1n) is 4.75. The van der Waals surface area contributed by atoms with Gasteiger partial charge < -0.3 is 0 Å². The monoisotopic (exact) mass is 197 g/mol. The van der Waals surface area contributed by atoms with Crippen molar-refractivity contribution < 1.29 is 0 Å². The quantitative estimate of drug-likeness (QED) is 0.669. The molecule has 0 amide bonds. The molecule has 0 fully saturated rings. The van der Waals surface area contributed by atoms with Crippen LogP contribution in [0.2, 0.25) is 0 Å². The SMILES string of the molecule is C=CC(=C)/C=C(/C)C(=C)c1ccccn1. The van der Waals surface area contributed by atoms with Gasteiger partial charge in [-0.05, 0) is 35.8 Å². The van der Waals surface area contributed by atoms with Crippen molar-refractivity contribution in [3.05, 3.63) is 73.1 Å². The lowest BCUT2D eigenvalue weighted by atomic mass is 10.0. The van der Waals surface area contributed by atoms with Gasteiger partial charge in [0.25, 0.3) is 0 Å². The van der Waals surface area contributed by atoms with Gasteiger partial charge in [0.1, 0.15) is 0 Å². The smallest absolute Gasteiger partial charge is 0.0698 e. The molecule has 0 atom stereocenters. The maximum atomic E-state index is 4.24. The number of hydrogen-bond acceptors (Lipinski definition) is 1. The fourth-order valence-electron chi connectivity index (χ4n) is 1.17. The predicted octanol–water partition coefficient (Wildman–Crippen LogP) is 3.78. The molecule has 0 saturated carbocycles. The van der Waals surface area contributed by atoms with Crippen LogP contribution < -0.4 is 0 Å². The highest BCUT2D eigenvalue weighted by atomic mass is 14.7. The third-order valence-corrected chi connectivity index (χ3v) is 2.11. The molecule has 15 heavy (non-hydrogen) atoms. The Balaban J connectivity index is 2.91. The zero-order valence-corrected chi connectivity index (χ0v) is 9.03. The minimum atomic E-state index is 0.879. The van der Waals surface area contributed by atoms with E-state index >= 15 is 0 Å². The van der Waals surface area contributed by atoms with E-state index in [1.807, 2.05) is 31.2 Å². The second-order valence-electron chi connectivity index (χ2n) is 3.30. The molecule has 76 valence electrons. The summed E-state index contributed by atoms with van der Waals surface area (Å²) in [5.41, 5.74) is 3.74. The van der Waals surface area contributed by atoms with E-state index in [1.54, 1.807) is 12.3 Å². The molecule has 0 bridgehead atoms. The molecule has 0 aliphatic heterocycles. The molecule has 0 aromatic carbocycles. The van der Waals surface area contributed by atoms with E-state index in [0.29, 0.717) is 0 Å². The van der Waals surface area contributed by atoms with Gasteiger partial charge in [0.2, 0.25) is 0 Å². The molecule has 1 aromatic rings. The van der Waals surface area contributed by atoms with Crippen molar-refractivity contribution in [3.8, 4) is 0 Å². The van der Waals surface area contributed by atoms with Crippen molar-refractivity contribution in [3.63, 3.8) is 0 Å². The maximum absolute atomic E-state index is 4.24. The molecule has 1 nitrogen and oxygen atoms in total. The number of nitrogens with zero attached hydrogens (tertiary/aromatic N) is 1. The molecule has 0 aliphatic rings. The van der Waals surface area contributed by atoms with E-state index in [4.69, 9.17) is 0 Å². The Morgan fingerprint density at radius 2 is 2.07 bits per heavy atom. The molecule has 0 saturated heterocycles. The third kappa shape index (κ3) is 3.06. The second kappa shape index (κ2) is 5.11. The van der Waals surface area contributed by atoms with Gasteiger partial charge in [-0.25, -0.2) is 0 Å². The summed E-state index contributed by atoms with van der Waals surface area (Å²) in [5.74, 6) is 0. The molecule has 0 spiro atoms. The Morgan fingerprint density at radius 1 is 1.33 bits per heavy atom. The van der Waals surface area contributed by atoms with E-state index in [9.17, 15) is 0 Å². The van der Waals surface area contributed by atoms with E-state index in [-0.39, 0.29) is 0 Å². The van der Waals surface area contributed by atoms with Gasteiger partial charge in [-0.3, -0.25) is 4.98 Å². The van der Waals surface area contributed by atoms with E-state index in [2.05, 4.69) is 24.7 Å². The Labute approximate surface area is 91.2 Å². The second-order valence-corrected chi connectivity index (χ2v) is 3.30. The average Bonchev–Trinajstić information content (AvgIpc) is 2.29. The van der Waals surface area contributed by atoms with E-state index in [0.717, 1.165) is 22.4 Å². The van der Waals surface area contributed by atoms with Gasteiger partial charge in [0.15, 0.2) is 0 Å². The van der Waals surface area contributed by atoms with Gasteiger partial charge in [-0.2, -0.15) is 0 Å². The summed E-state index contributed by atoms with van der Waals surface area (Å²) in [6, 6.07) is 5.78. The van der Waals surface area contributed by atoms with Crippen LogP contribution in [0, 0.1) is 0 Å². The fourth-order valence-corrected chi connectivity index (χ4v) is 1.17. The van der Waals surface area contributed by atoms with Gasteiger partial charge in [-0.15, -0.1) is 0 Å². The molecular weight excluding hydrogens is 182 g/mol. The number of allylic oxidation sites excluding steroid dienone is 5. The molecule has 0 radical (unpaired) electrons. The highest BCUT2D eigenvalue weighted by Gasteiger charge is 2.01. The molecule has 1 heterocycles. The summed E-state index contributed by atoms with van der Waals surface area (Å²) in [5, 5.41) is 0. The lowest BCUT2D eigenvalue weighted by molar-refractivity contribution is 1.27. The predicted molar refractivity (Wildman–Crippen MR) is 66.4 cm³/mol. The van der Waals surface area contributed by atoms with E-state index in [1.165, 1.54) is 0 Å². The van der Waals surface area contributed by atoms with Gasteiger partial charge in [0, 0.05) is 6.20 Å². The molecule has 0 aliphatic carbocycles. The maximum Gasteiger partial charge on any atom is 0.0698 e. The zero-order valence-electron chi connectivity index (χ0n) is 9.03. The summed E-state index contributed by atoms with van der Waals surface area (Å²) >= 11 is 0. The minimum Gasteiger partial charge on any atom is -0.256 e. The summed E-state index contributed by atoms with van der Waals surface area (Å²) in [6.07, 6.45) is 5.43. The highest BCUT2D eigenvalue weighted by molar-refractivity contribution is 5.75. The van der Waals surface area contributed by atoms with Crippen molar-refractivity contribution in [2.75, 3.05) is 0 Å². The first kappa shape index (κ1) is 11.2. The zero-order chi connectivity index (χ0) is 11.3. The van der Waals surface area contributed by atoms with Crippen molar-refractivity contribution in [2.45, 2.75) is 6.92 Å². The molecule has 1 aromatic heterocycles. The Hall–Kier alpha value is -1.89. The van der Waals surface area contributed by atoms with Crippen molar-refractivity contribution in [1.82, 2.24) is 4.98 Å². The lowest BCUT2D eigenvalue weighted by Gasteiger charge is -2.05. The van der Waals surface area contributed by atoms with Crippen LogP contribution in [0.25, 0.3) is 5.57 Å². The summed E-state index contributed by atoms with van der Waals surface area (Å²) in [7, 11) is 0.